The summed E-state index contributed by atoms with van der Waals surface area (Å²) in [5, 5.41) is 0.705. The fraction of sp³-hybridized carbons (Fsp3) is 0.360. The molecule has 170 valence electrons. The third-order valence-electron chi connectivity index (χ3n) is 6.10. The molecule has 3 heterocycles. The number of fused-ring (bicyclic) bond motifs is 2. The number of thiazole rings is 1. The van der Waals surface area contributed by atoms with Crippen molar-refractivity contribution in [3.63, 3.8) is 0 Å². The topological polar surface area (TPSA) is 71.5 Å². The molecular formula is C25H27N5O2S. The first-order valence-electron chi connectivity index (χ1n) is 11.3. The first kappa shape index (κ1) is 21.9. The largest absolute Gasteiger partial charge is 0.379 e. The van der Waals surface area contributed by atoms with E-state index in [0.29, 0.717) is 22.9 Å². The summed E-state index contributed by atoms with van der Waals surface area (Å²) in [7, 11) is 0. The van der Waals surface area contributed by atoms with E-state index in [2.05, 4.69) is 40.8 Å². The van der Waals surface area contributed by atoms with E-state index in [-0.39, 0.29) is 5.91 Å². The van der Waals surface area contributed by atoms with E-state index in [1.165, 1.54) is 11.1 Å². The summed E-state index contributed by atoms with van der Waals surface area (Å²) in [6, 6.07) is 11.8. The van der Waals surface area contributed by atoms with Crippen LogP contribution in [0, 0.1) is 13.8 Å². The second-order valence-corrected chi connectivity index (χ2v) is 9.42. The van der Waals surface area contributed by atoms with Crippen molar-refractivity contribution in [2.45, 2.75) is 20.3 Å². The Hall–Kier alpha value is -2.94. The Morgan fingerprint density at radius 3 is 2.64 bits per heavy atom. The molecule has 0 radical (unpaired) electrons. The summed E-state index contributed by atoms with van der Waals surface area (Å²) >= 11 is 1.55. The average molecular weight is 462 g/mol. The van der Waals surface area contributed by atoms with Crippen molar-refractivity contribution in [1.29, 1.82) is 0 Å². The molecule has 0 atom stereocenters. The Kier molecular flexibility index (Phi) is 6.30. The van der Waals surface area contributed by atoms with Crippen LogP contribution in [0.3, 0.4) is 0 Å². The minimum atomic E-state index is -0.164. The van der Waals surface area contributed by atoms with E-state index < -0.39 is 0 Å². The minimum absolute atomic E-state index is 0.164. The maximum Gasteiger partial charge on any atom is 0.280 e. The standard InChI is InChI=1S/C25H27N5O2S/c1-17-14-21-23(15-18(17)2)33-25(28-21)30(9-5-8-29-10-12-32-13-11-29)24(31)22-16-26-19-6-3-4-7-20(19)27-22/h3-4,6-7,14-16H,5,8-13H2,1-2H3. The molecule has 0 aliphatic carbocycles. The molecule has 1 aliphatic heterocycles. The molecule has 8 heteroatoms. The van der Waals surface area contributed by atoms with Crippen molar-refractivity contribution in [3.05, 3.63) is 59.4 Å². The maximum atomic E-state index is 13.6. The Balaban J connectivity index is 1.45. The van der Waals surface area contributed by atoms with E-state index in [1.807, 2.05) is 24.3 Å². The number of aromatic nitrogens is 3. The molecule has 5 rings (SSSR count). The van der Waals surface area contributed by atoms with Gasteiger partial charge in [-0.05, 0) is 55.7 Å². The molecule has 0 unspecified atom stereocenters. The minimum Gasteiger partial charge on any atom is -0.379 e. The number of hydrogen-bond donors (Lipinski definition) is 0. The number of morpholine rings is 1. The highest BCUT2D eigenvalue weighted by Gasteiger charge is 2.23. The van der Waals surface area contributed by atoms with Crippen LogP contribution in [0.5, 0.6) is 0 Å². The summed E-state index contributed by atoms with van der Waals surface area (Å²) in [6.45, 7) is 9.08. The van der Waals surface area contributed by atoms with Gasteiger partial charge < -0.3 is 4.74 Å². The normalized spacial score (nSPS) is 14.7. The number of ether oxygens (including phenoxy) is 1. The highest BCUT2D eigenvalue weighted by Crippen LogP contribution is 2.31. The van der Waals surface area contributed by atoms with E-state index in [4.69, 9.17) is 9.72 Å². The van der Waals surface area contributed by atoms with Crippen LogP contribution in [-0.4, -0.2) is 65.2 Å². The van der Waals surface area contributed by atoms with E-state index in [1.54, 1.807) is 22.4 Å². The van der Waals surface area contributed by atoms with Crippen molar-refractivity contribution < 1.29 is 9.53 Å². The van der Waals surface area contributed by atoms with E-state index in [9.17, 15) is 4.79 Å². The molecule has 2 aromatic heterocycles. The van der Waals surface area contributed by atoms with Crippen LogP contribution in [-0.2, 0) is 4.74 Å². The summed E-state index contributed by atoms with van der Waals surface area (Å²) in [6.07, 6.45) is 2.42. The lowest BCUT2D eigenvalue weighted by Gasteiger charge is -2.27. The average Bonchev–Trinajstić information content (AvgIpc) is 3.24. The van der Waals surface area contributed by atoms with Gasteiger partial charge >= 0.3 is 0 Å². The second kappa shape index (κ2) is 9.51. The Morgan fingerprint density at radius 1 is 1.06 bits per heavy atom. The lowest BCUT2D eigenvalue weighted by Crippen LogP contribution is -2.39. The highest BCUT2D eigenvalue weighted by molar-refractivity contribution is 7.22. The molecule has 1 amide bonds. The van der Waals surface area contributed by atoms with Gasteiger partial charge in [-0.25, -0.2) is 9.97 Å². The summed E-state index contributed by atoms with van der Waals surface area (Å²) < 4.78 is 6.54. The number of para-hydroxylation sites is 2. The van der Waals surface area contributed by atoms with Gasteiger partial charge in [0.1, 0.15) is 5.69 Å². The number of carbonyl (C=O) groups is 1. The molecule has 1 fully saturated rings. The number of anilines is 1. The molecule has 0 saturated carbocycles. The maximum absolute atomic E-state index is 13.6. The number of amides is 1. The predicted molar refractivity (Wildman–Crippen MR) is 132 cm³/mol. The molecule has 0 bridgehead atoms. The molecule has 0 spiro atoms. The number of nitrogens with zero attached hydrogens (tertiary/aromatic N) is 5. The lowest BCUT2D eigenvalue weighted by atomic mass is 10.1. The zero-order valence-corrected chi connectivity index (χ0v) is 19.8. The van der Waals surface area contributed by atoms with Crippen LogP contribution in [0.1, 0.15) is 28.0 Å². The number of aryl methyl sites for hydroxylation is 2. The van der Waals surface area contributed by atoms with Crippen LogP contribution in [0.25, 0.3) is 21.3 Å². The van der Waals surface area contributed by atoms with Crippen molar-refractivity contribution in [2.75, 3.05) is 44.3 Å². The third kappa shape index (κ3) is 4.73. The van der Waals surface area contributed by atoms with Gasteiger partial charge in [-0.2, -0.15) is 0 Å². The highest BCUT2D eigenvalue weighted by atomic mass is 32.1. The van der Waals surface area contributed by atoms with Crippen molar-refractivity contribution in [3.8, 4) is 0 Å². The molecule has 7 nitrogen and oxygen atoms in total. The van der Waals surface area contributed by atoms with Crippen LogP contribution >= 0.6 is 11.3 Å². The fourth-order valence-corrected chi connectivity index (χ4v) is 5.11. The number of carbonyl (C=O) groups excluding carboxylic acids is 1. The Morgan fingerprint density at radius 2 is 1.82 bits per heavy atom. The zero-order valence-electron chi connectivity index (χ0n) is 19.0. The van der Waals surface area contributed by atoms with Gasteiger partial charge in [-0.15, -0.1) is 0 Å². The first-order chi connectivity index (χ1) is 16.1. The quantitative estimate of drug-likeness (QED) is 0.428. The Labute approximate surface area is 197 Å². The van der Waals surface area contributed by atoms with Gasteiger partial charge in [0, 0.05) is 26.2 Å². The smallest absolute Gasteiger partial charge is 0.280 e. The second-order valence-electron chi connectivity index (χ2n) is 8.41. The SMILES string of the molecule is Cc1cc2nc(N(CCCN3CCOCC3)C(=O)c3cnc4ccccc4n3)sc2cc1C. The molecule has 2 aromatic carbocycles. The van der Waals surface area contributed by atoms with Crippen LogP contribution in [0.2, 0.25) is 0 Å². The van der Waals surface area contributed by atoms with Gasteiger partial charge in [0.2, 0.25) is 0 Å². The first-order valence-corrected chi connectivity index (χ1v) is 12.1. The van der Waals surface area contributed by atoms with Gasteiger partial charge in [0.05, 0.1) is 40.7 Å². The molecular weight excluding hydrogens is 434 g/mol. The molecule has 0 N–H and O–H groups in total. The van der Waals surface area contributed by atoms with Crippen LogP contribution in [0.4, 0.5) is 5.13 Å². The summed E-state index contributed by atoms with van der Waals surface area (Å²) in [4.78, 5) is 31.7. The fourth-order valence-electron chi connectivity index (χ4n) is 4.04. The third-order valence-corrected chi connectivity index (χ3v) is 7.14. The van der Waals surface area contributed by atoms with Crippen molar-refractivity contribution in [2.24, 2.45) is 0 Å². The van der Waals surface area contributed by atoms with Gasteiger partial charge in [-0.1, -0.05) is 23.5 Å². The lowest BCUT2D eigenvalue weighted by molar-refractivity contribution is 0.0376. The molecule has 1 saturated heterocycles. The molecule has 1 aliphatic rings. The number of benzene rings is 2. The monoisotopic (exact) mass is 461 g/mol. The van der Waals surface area contributed by atoms with Gasteiger partial charge in [-0.3, -0.25) is 19.6 Å². The van der Waals surface area contributed by atoms with E-state index >= 15 is 0 Å². The van der Waals surface area contributed by atoms with Gasteiger partial charge in [0.25, 0.3) is 5.91 Å². The van der Waals surface area contributed by atoms with Crippen LogP contribution in [0.15, 0.2) is 42.6 Å². The number of rotatable bonds is 6. The summed E-state index contributed by atoms with van der Waals surface area (Å²) in [5.74, 6) is -0.164. The summed E-state index contributed by atoms with van der Waals surface area (Å²) in [5.41, 5.74) is 5.18. The molecule has 4 aromatic rings. The zero-order chi connectivity index (χ0) is 22.8. The number of hydrogen-bond acceptors (Lipinski definition) is 7. The van der Waals surface area contributed by atoms with Crippen molar-refractivity contribution in [1.82, 2.24) is 19.9 Å². The van der Waals surface area contributed by atoms with Crippen LogP contribution < -0.4 is 4.90 Å². The Bertz CT molecular complexity index is 1260. The van der Waals surface area contributed by atoms with E-state index in [0.717, 1.165) is 55.0 Å². The predicted octanol–water partition coefficient (Wildman–Crippen LogP) is 4.23. The molecule has 33 heavy (non-hydrogen) atoms. The van der Waals surface area contributed by atoms with Gasteiger partial charge in [0.15, 0.2) is 5.13 Å². The van der Waals surface area contributed by atoms with Crippen molar-refractivity contribution >= 4 is 43.6 Å².